The largest absolute Gasteiger partial charge is 0.460 e. The van der Waals surface area contributed by atoms with Gasteiger partial charge in [-0.05, 0) is 43.3 Å². The Morgan fingerprint density at radius 3 is 2.49 bits per heavy atom. The third-order valence-corrected chi connectivity index (χ3v) is 5.39. The minimum Gasteiger partial charge on any atom is -0.460 e. The SMILES string of the molecule is CCOCCOc1nc(-c2ccc(C(F)(F)F)cc2)n(-c2cccc(NC(=O)c3cccc([N+](=O)[O-])c3)c2)n1. The number of rotatable bonds is 10. The lowest BCUT2D eigenvalue weighted by Crippen LogP contribution is -2.12. The van der Waals surface area contributed by atoms with Crippen molar-refractivity contribution in [3.8, 4) is 23.1 Å². The monoisotopic (exact) mass is 541 g/mol. The molecule has 0 fully saturated rings. The maximum absolute atomic E-state index is 13.1. The normalized spacial score (nSPS) is 11.3. The van der Waals surface area contributed by atoms with Crippen molar-refractivity contribution < 1.29 is 32.4 Å². The maximum Gasteiger partial charge on any atom is 0.416 e. The van der Waals surface area contributed by atoms with Crippen LogP contribution in [0.3, 0.4) is 0 Å². The Bertz CT molecular complexity index is 1470. The summed E-state index contributed by atoms with van der Waals surface area (Å²) in [6, 6.07) is 16.2. The Kier molecular flexibility index (Phi) is 8.20. The van der Waals surface area contributed by atoms with E-state index in [-0.39, 0.29) is 29.7 Å². The van der Waals surface area contributed by atoms with Crippen LogP contribution < -0.4 is 10.1 Å². The van der Waals surface area contributed by atoms with E-state index in [0.717, 1.165) is 18.2 Å². The number of carbonyl (C=O) groups is 1. The second-order valence-electron chi connectivity index (χ2n) is 8.06. The summed E-state index contributed by atoms with van der Waals surface area (Å²) in [7, 11) is 0. The molecule has 0 aliphatic carbocycles. The molecule has 0 radical (unpaired) electrons. The molecule has 0 aliphatic heterocycles. The number of benzene rings is 3. The number of anilines is 1. The molecule has 1 N–H and O–H groups in total. The Labute approximate surface area is 220 Å². The quantitative estimate of drug-likeness (QED) is 0.159. The molecule has 0 spiro atoms. The van der Waals surface area contributed by atoms with Gasteiger partial charge >= 0.3 is 12.2 Å². The summed E-state index contributed by atoms with van der Waals surface area (Å²) in [5.74, 6) is -0.366. The summed E-state index contributed by atoms with van der Waals surface area (Å²) in [6.45, 7) is 2.78. The smallest absolute Gasteiger partial charge is 0.416 e. The van der Waals surface area contributed by atoms with Crippen molar-refractivity contribution in [2.75, 3.05) is 25.1 Å². The lowest BCUT2D eigenvalue weighted by Gasteiger charge is -2.10. The summed E-state index contributed by atoms with van der Waals surface area (Å²) in [4.78, 5) is 27.5. The van der Waals surface area contributed by atoms with E-state index in [1.165, 1.54) is 35.0 Å². The Morgan fingerprint density at radius 1 is 1.05 bits per heavy atom. The number of nitro benzene ring substituents is 1. The number of aromatic nitrogens is 3. The van der Waals surface area contributed by atoms with Crippen molar-refractivity contribution in [3.63, 3.8) is 0 Å². The van der Waals surface area contributed by atoms with Crippen molar-refractivity contribution in [1.29, 1.82) is 0 Å². The molecule has 0 unspecified atom stereocenters. The van der Waals surface area contributed by atoms with E-state index >= 15 is 0 Å². The van der Waals surface area contributed by atoms with Gasteiger partial charge in [-0.2, -0.15) is 18.2 Å². The number of amides is 1. The number of nitro groups is 1. The van der Waals surface area contributed by atoms with Gasteiger partial charge in [0.05, 0.1) is 22.8 Å². The standard InChI is InChI=1S/C26H22F3N5O5/c1-2-38-13-14-39-25-31-23(17-9-11-19(12-10-17)26(27,28)29)33(32-25)21-7-4-6-20(16-21)30-24(35)18-5-3-8-22(15-18)34(36)37/h3-12,15-16H,2,13-14H2,1H3,(H,30,35). The first kappa shape index (κ1) is 27.3. The zero-order valence-corrected chi connectivity index (χ0v) is 20.5. The summed E-state index contributed by atoms with van der Waals surface area (Å²) >= 11 is 0. The molecule has 0 saturated carbocycles. The molecule has 13 heteroatoms. The molecule has 0 bridgehead atoms. The van der Waals surface area contributed by atoms with Crippen molar-refractivity contribution in [2.45, 2.75) is 13.1 Å². The minimum atomic E-state index is -4.49. The Morgan fingerprint density at radius 2 is 1.79 bits per heavy atom. The van der Waals surface area contributed by atoms with Crippen LogP contribution in [0, 0.1) is 10.1 Å². The molecule has 10 nitrogen and oxygen atoms in total. The second-order valence-corrected chi connectivity index (χ2v) is 8.06. The number of hydrogen-bond acceptors (Lipinski definition) is 7. The van der Waals surface area contributed by atoms with Crippen LogP contribution in [0.15, 0.2) is 72.8 Å². The molecule has 0 aliphatic rings. The molecule has 1 aromatic heterocycles. The third-order valence-electron chi connectivity index (χ3n) is 5.39. The second kappa shape index (κ2) is 11.7. The van der Waals surface area contributed by atoms with Gasteiger partial charge in [0.1, 0.15) is 6.61 Å². The molecule has 4 rings (SSSR count). The van der Waals surface area contributed by atoms with E-state index in [1.807, 2.05) is 6.92 Å². The van der Waals surface area contributed by atoms with E-state index in [2.05, 4.69) is 15.4 Å². The third kappa shape index (κ3) is 6.76. The molecular weight excluding hydrogens is 519 g/mol. The van der Waals surface area contributed by atoms with Gasteiger partial charge in [-0.1, -0.05) is 24.3 Å². The number of nitrogens with zero attached hydrogens (tertiary/aromatic N) is 4. The van der Waals surface area contributed by atoms with Crippen LogP contribution in [-0.2, 0) is 10.9 Å². The summed E-state index contributed by atoms with van der Waals surface area (Å²) in [5.41, 5.74) is 0.172. The van der Waals surface area contributed by atoms with Crippen LogP contribution in [0.4, 0.5) is 24.5 Å². The summed E-state index contributed by atoms with van der Waals surface area (Å²) < 4.78 is 51.4. The first-order valence-electron chi connectivity index (χ1n) is 11.7. The van der Waals surface area contributed by atoms with Gasteiger partial charge in [-0.25, -0.2) is 4.68 Å². The minimum absolute atomic E-state index is 0.0179. The maximum atomic E-state index is 13.1. The van der Waals surface area contributed by atoms with Crippen LogP contribution in [0.2, 0.25) is 0 Å². The van der Waals surface area contributed by atoms with Gasteiger partial charge in [0.15, 0.2) is 5.82 Å². The topological polar surface area (TPSA) is 121 Å². The van der Waals surface area contributed by atoms with E-state index in [0.29, 0.717) is 30.2 Å². The number of ether oxygens (including phenoxy) is 2. The van der Waals surface area contributed by atoms with Crippen LogP contribution in [0.25, 0.3) is 17.1 Å². The van der Waals surface area contributed by atoms with Crippen molar-refractivity contribution >= 4 is 17.3 Å². The fraction of sp³-hybridized carbons (Fsp3) is 0.192. The van der Waals surface area contributed by atoms with Gasteiger partial charge in [-0.3, -0.25) is 14.9 Å². The van der Waals surface area contributed by atoms with Gasteiger partial charge in [0.25, 0.3) is 11.6 Å². The van der Waals surface area contributed by atoms with Crippen molar-refractivity contribution in [2.24, 2.45) is 0 Å². The Hall–Kier alpha value is -4.78. The molecule has 39 heavy (non-hydrogen) atoms. The van der Waals surface area contributed by atoms with E-state index in [4.69, 9.17) is 9.47 Å². The zero-order valence-electron chi connectivity index (χ0n) is 20.5. The van der Waals surface area contributed by atoms with Crippen molar-refractivity contribution in [1.82, 2.24) is 14.8 Å². The van der Waals surface area contributed by atoms with Crippen LogP contribution in [0.5, 0.6) is 6.01 Å². The molecule has 3 aromatic carbocycles. The van der Waals surface area contributed by atoms with E-state index < -0.39 is 22.6 Å². The van der Waals surface area contributed by atoms with Gasteiger partial charge in [0, 0.05) is 35.6 Å². The molecule has 0 atom stereocenters. The molecule has 1 amide bonds. The molecule has 0 saturated heterocycles. The van der Waals surface area contributed by atoms with Crippen LogP contribution in [0.1, 0.15) is 22.8 Å². The molecule has 1 heterocycles. The average Bonchev–Trinajstić information content (AvgIpc) is 3.35. The highest BCUT2D eigenvalue weighted by molar-refractivity contribution is 6.04. The predicted octanol–water partition coefficient (Wildman–Crippen LogP) is 5.53. The highest BCUT2D eigenvalue weighted by Crippen LogP contribution is 2.32. The van der Waals surface area contributed by atoms with Gasteiger partial charge in [-0.15, -0.1) is 5.10 Å². The zero-order chi connectivity index (χ0) is 28.0. The number of halogens is 3. The number of hydrogen-bond donors (Lipinski definition) is 1. The van der Waals surface area contributed by atoms with Gasteiger partial charge < -0.3 is 14.8 Å². The van der Waals surface area contributed by atoms with Crippen LogP contribution in [-0.4, -0.2) is 45.4 Å². The Balaban J connectivity index is 1.65. The first-order valence-corrected chi connectivity index (χ1v) is 11.7. The number of non-ortho nitro benzene ring substituents is 1. The first-order chi connectivity index (χ1) is 18.7. The van der Waals surface area contributed by atoms with Gasteiger partial charge in [0.2, 0.25) is 0 Å². The van der Waals surface area contributed by atoms with Crippen molar-refractivity contribution in [3.05, 3.63) is 94.0 Å². The molecule has 202 valence electrons. The highest BCUT2D eigenvalue weighted by atomic mass is 19.4. The highest BCUT2D eigenvalue weighted by Gasteiger charge is 2.30. The lowest BCUT2D eigenvalue weighted by molar-refractivity contribution is -0.384. The number of alkyl halides is 3. The number of nitrogens with one attached hydrogen (secondary N) is 1. The average molecular weight is 541 g/mol. The fourth-order valence-corrected chi connectivity index (χ4v) is 3.55. The molecular formula is C26H22F3N5O5. The van der Waals surface area contributed by atoms with E-state index in [1.54, 1.807) is 24.3 Å². The van der Waals surface area contributed by atoms with E-state index in [9.17, 15) is 28.1 Å². The van der Waals surface area contributed by atoms with Crippen LogP contribution >= 0.6 is 0 Å². The predicted molar refractivity (Wildman–Crippen MR) is 135 cm³/mol. The lowest BCUT2D eigenvalue weighted by atomic mass is 10.1. The molecule has 4 aromatic rings. The fourth-order valence-electron chi connectivity index (χ4n) is 3.55. The number of carbonyl (C=O) groups excluding carboxylic acids is 1. The summed E-state index contributed by atoms with van der Waals surface area (Å²) in [5, 5.41) is 18.1. The summed E-state index contributed by atoms with van der Waals surface area (Å²) in [6.07, 6.45) is -4.49.